The molecule has 0 fully saturated rings. The number of nitrogens with one attached hydrogen (secondary N) is 2. The summed E-state index contributed by atoms with van der Waals surface area (Å²) in [7, 11) is 1.22. The van der Waals surface area contributed by atoms with Crippen molar-refractivity contribution < 1.29 is 24.5 Å². The summed E-state index contributed by atoms with van der Waals surface area (Å²) in [5.74, 6) is -0.491. The van der Waals surface area contributed by atoms with E-state index in [4.69, 9.17) is 5.11 Å². The zero-order valence-electron chi connectivity index (χ0n) is 10.6. The number of hydrogen-bond donors (Lipinski definition) is 4. The number of methoxy groups -OCH3 is 1. The van der Waals surface area contributed by atoms with Crippen molar-refractivity contribution in [2.45, 2.75) is 18.9 Å². The molecule has 0 aromatic heterocycles. The third-order valence-electron chi connectivity index (χ3n) is 2.58. The number of hydrazine groups is 1. The van der Waals surface area contributed by atoms with E-state index in [9.17, 15) is 14.7 Å². The normalized spacial score (nSPS) is 13.4. The molecule has 0 heterocycles. The Hall–Kier alpha value is -2.28. The molecule has 0 radical (unpaired) electrons. The molecular formula is C12H16N2O5. The molecule has 7 heteroatoms. The zero-order valence-corrected chi connectivity index (χ0v) is 10.6. The molecule has 0 aliphatic carbocycles. The van der Waals surface area contributed by atoms with Crippen LogP contribution in [0, 0.1) is 0 Å². The standard InChI is InChI=1S/C12H16N2O5/c1-12(10(16)19-2,14-13-11(17)18)7-8-3-5-9(15)6-4-8/h3-6,13-15H,7H2,1-2H3,(H,17,18). The third kappa shape index (κ3) is 4.14. The number of hydrogen-bond acceptors (Lipinski definition) is 5. The van der Waals surface area contributed by atoms with Crippen LogP contribution in [0.15, 0.2) is 24.3 Å². The van der Waals surface area contributed by atoms with Gasteiger partial charge in [-0.1, -0.05) is 12.1 Å². The molecule has 104 valence electrons. The van der Waals surface area contributed by atoms with E-state index in [1.54, 1.807) is 12.1 Å². The minimum atomic E-state index is -1.30. The van der Waals surface area contributed by atoms with Gasteiger partial charge in [-0.05, 0) is 24.6 Å². The first-order chi connectivity index (χ1) is 8.87. The van der Waals surface area contributed by atoms with Gasteiger partial charge in [0.05, 0.1) is 7.11 Å². The van der Waals surface area contributed by atoms with Crippen molar-refractivity contribution in [1.29, 1.82) is 0 Å². The molecule has 0 saturated carbocycles. The predicted octanol–water partition coefficient (Wildman–Crippen LogP) is 0.639. The van der Waals surface area contributed by atoms with Crippen LogP contribution < -0.4 is 10.9 Å². The molecule has 0 aliphatic heterocycles. The fourth-order valence-corrected chi connectivity index (χ4v) is 1.61. The molecule has 4 N–H and O–H groups in total. The van der Waals surface area contributed by atoms with Crippen molar-refractivity contribution in [2.24, 2.45) is 0 Å². The van der Waals surface area contributed by atoms with Gasteiger partial charge in [-0.15, -0.1) is 0 Å². The summed E-state index contributed by atoms with van der Waals surface area (Å²) in [5.41, 5.74) is 3.87. The Bertz CT molecular complexity index is 460. The molecular weight excluding hydrogens is 252 g/mol. The molecule has 1 aromatic carbocycles. The van der Waals surface area contributed by atoms with Crippen LogP contribution in [0.4, 0.5) is 4.79 Å². The van der Waals surface area contributed by atoms with Crippen molar-refractivity contribution in [2.75, 3.05) is 7.11 Å². The number of benzene rings is 1. The van der Waals surface area contributed by atoms with Gasteiger partial charge in [0.2, 0.25) is 0 Å². The summed E-state index contributed by atoms with van der Waals surface area (Å²) in [4.78, 5) is 22.2. The van der Waals surface area contributed by atoms with Gasteiger partial charge >= 0.3 is 12.1 Å². The Balaban J connectivity index is 2.87. The van der Waals surface area contributed by atoms with Crippen LogP contribution in [-0.4, -0.2) is 34.9 Å². The first-order valence-electron chi connectivity index (χ1n) is 5.50. The Morgan fingerprint density at radius 1 is 1.32 bits per heavy atom. The maximum absolute atomic E-state index is 11.8. The number of aromatic hydroxyl groups is 1. The van der Waals surface area contributed by atoms with Gasteiger partial charge < -0.3 is 14.9 Å². The molecule has 1 rings (SSSR count). The predicted molar refractivity (Wildman–Crippen MR) is 66.5 cm³/mol. The maximum atomic E-state index is 11.8. The fraction of sp³-hybridized carbons (Fsp3) is 0.333. The summed E-state index contributed by atoms with van der Waals surface area (Å²) in [6, 6.07) is 6.24. The second-order valence-electron chi connectivity index (χ2n) is 4.22. The number of amides is 1. The molecule has 19 heavy (non-hydrogen) atoms. The lowest BCUT2D eigenvalue weighted by Crippen LogP contribution is -2.58. The topological polar surface area (TPSA) is 108 Å². The molecule has 0 saturated heterocycles. The van der Waals surface area contributed by atoms with Gasteiger partial charge in [-0.2, -0.15) is 0 Å². The van der Waals surface area contributed by atoms with E-state index in [0.717, 1.165) is 5.56 Å². The summed E-state index contributed by atoms with van der Waals surface area (Å²) in [6.07, 6.45) is -1.11. The first-order valence-corrected chi connectivity index (χ1v) is 5.50. The van der Waals surface area contributed by atoms with Gasteiger partial charge in [0.25, 0.3) is 0 Å². The molecule has 7 nitrogen and oxygen atoms in total. The van der Waals surface area contributed by atoms with Gasteiger partial charge in [-0.25, -0.2) is 15.0 Å². The summed E-state index contributed by atoms with van der Waals surface area (Å²) >= 11 is 0. The Morgan fingerprint density at radius 3 is 2.37 bits per heavy atom. The lowest BCUT2D eigenvalue weighted by molar-refractivity contribution is -0.148. The van der Waals surface area contributed by atoms with Crippen LogP contribution in [0.5, 0.6) is 5.75 Å². The Morgan fingerprint density at radius 2 is 1.89 bits per heavy atom. The highest BCUT2D eigenvalue weighted by Gasteiger charge is 2.35. The SMILES string of the molecule is COC(=O)C(C)(Cc1ccc(O)cc1)NNC(=O)O. The van der Waals surface area contributed by atoms with Crippen molar-refractivity contribution in [3.05, 3.63) is 29.8 Å². The van der Waals surface area contributed by atoms with Crippen molar-refractivity contribution in [1.82, 2.24) is 10.9 Å². The van der Waals surface area contributed by atoms with Crippen LogP contribution >= 0.6 is 0 Å². The summed E-state index contributed by atoms with van der Waals surface area (Å²) in [6.45, 7) is 1.52. The van der Waals surface area contributed by atoms with E-state index in [1.165, 1.54) is 26.2 Å². The summed E-state index contributed by atoms with van der Waals surface area (Å²) in [5, 5.41) is 17.8. The lowest BCUT2D eigenvalue weighted by Gasteiger charge is -2.27. The molecule has 1 unspecified atom stereocenters. The maximum Gasteiger partial charge on any atom is 0.419 e. The highest BCUT2D eigenvalue weighted by Crippen LogP contribution is 2.17. The van der Waals surface area contributed by atoms with Crippen molar-refractivity contribution in [3.63, 3.8) is 0 Å². The summed E-state index contributed by atoms with van der Waals surface area (Å²) < 4.78 is 4.66. The van der Waals surface area contributed by atoms with Gasteiger partial charge in [-0.3, -0.25) is 5.43 Å². The third-order valence-corrected chi connectivity index (χ3v) is 2.58. The van der Waals surface area contributed by atoms with E-state index in [-0.39, 0.29) is 12.2 Å². The highest BCUT2D eigenvalue weighted by atomic mass is 16.5. The number of rotatable bonds is 5. The van der Waals surface area contributed by atoms with E-state index in [2.05, 4.69) is 10.2 Å². The van der Waals surface area contributed by atoms with Crippen LogP contribution in [-0.2, 0) is 16.0 Å². The smallest absolute Gasteiger partial charge is 0.419 e. The number of ether oxygens (including phenoxy) is 1. The molecule has 1 amide bonds. The highest BCUT2D eigenvalue weighted by molar-refractivity contribution is 5.81. The van der Waals surface area contributed by atoms with E-state index in [1.807, 2.05) is 5.43 Å². The number of phenols is 1. The van der Waals surface area contributed by atoms with Gasteiger partial charge in [0.1, 0.15) is 11.3 Å². The largest absolute Gasteiger partial charge is 0.508 e. The lowest BCUT2D eigenvalue weighted by atomic mass is 9.93. The Kier molecular flexibility index (Phi) is 4.71. The van der Waals surface area contributed by atoms with E-state index >= 15 is 0 Å². The number of phenolic OH excluding ortho intramolecular Hbond substituents is 1. The number of carboxylic acid groups (broad SMARTS) is 1. The first kappa shape index (κ1) is 14.8. The number of esters is 1. The average Bonchev–Trinajstić information content (AvgIpc) is 2.38. The number of carbonyl (C=O) groups excluding carboxylic acids is 1. The number of carbonyl (C=O) groups is 2. The second kappa shape index (κ2) is 6.05. The van der Waals surface area contributed by atoms with Crippen molar-refractivity contribution in [3.8, 4) is 5.75 Å². The van der Waals surface area contributed by atoms with Crippen LogP contribution in [0.3, 0.4) is 0 Å². The zero-order chi connectivity index (χ0) is 14.5. The van der Waals surface area contributed by atoms with E-state index in [0.29, 0.717) is 0 Å². The average molecular weight is 268 g/mol. The monoisotopic (exact) mass is 268 g/mol. The molecule has 0 spiro atoms. The van der Waals surface area contributed by atoms with Crippen molar-refractivity contribution >= 4 is 12.1 Å². The molecule has 0 bridgehead atoms. The quantitative estimate of drug-likeness (QED) is 0.461. The Labute approximate surface area is 110 Å². The van der Waals surface area contributed by atoms with Gasteiger partial charge in [0.15, 0.2) is 0 Å². The fourth-order valence-electron chi connectivity index (χ4n) is 1.61. The second-order valence-corrected chi connectivity index (χ2v) is 4.22. The minimum absolute atomic E-state index is 0.111. The molecule has 1 atom stereocenters. The minimum Gasteiger partial charge on any atom is -0.508 e. The van der Waals surface area contributed by atoms with E-state index < -0.39 is 17.6 Å². The van der Waals surface area contributed by atoms with Gasteiger partial charge in [0, 0.05) is 6.42 Å². The molecule has 0 aliphatic rings. The van der Waals surface area contributed by atoms with Crippen LogP contribution in [0.25, 0.3) is 0 Å². The van der Waals surface area contributed by atoms with Crippen LogP contribution in [0.2, 0.25) is 0 Å². The molecule has 1 aromatic rings. The van der Waals surface area contributed by atoms with Crippen LogP contribution in [0.1, 0.15) is 12.5 Å².